The predicted octanol–water partition coefficient (Wildman–Crippen LogP) is 5.81. The highest BCUT2D eigenvalue weighted by Gasteiger charge is 2.07. The number of rotatable bonds is 5. The summed E-state index contributed by atoms with van der Waals surface area (Å²) in [6.45, 7) is 0.522. The van der Waals surface area contributed by atoms with Gasteiger partial charge in [0.2, 0.25) is 0 Å². The van der Waals surface area contributed by atoms with Gasteiger partial charge in [0.05, 0.1) is 16.6 Å². The van der Waals surface area contributed by atoms with E-state index in [0.29, 0.717) is 18.0 Å². The molecule has 0 spiro atoms. The van der Waals surface area contributed by atoms with Gasteiger partial charge in [0.25, 0.3) is 0 Å². The lowest BCUT2D eigenvalue weighted by molar-refractivity contribution is 0.306. The molecule has 4 rings (SSSR count). The molecule has 4 nitrogen and oxygen atoms in total. The summed E-state index contributed by atoms with van der Waals surface area (Å²) in [7, 11) is 0. The van der Waals surface area contributed by atoms with Gasteiger partial charge < -0.3 is 9.72 Å². The molecule has 1 N–H and O–H groups in total. The van der Waals surface area contributed by atoms with Gasteiger partial charge in [0.1, 0.15) is 24.3 Å². The van der Waals surface area contributed by atoms with Gasteiger partial charge in [0.15, 0.2) is 0 Å². The summed E-state index contributed by atoms with van der Waals surface area (Å²) in [5.74, 6) is 1.36. The van der Waals surface area contributed by atoms with Crippen LogP contribution in [0.1, 0.15) is 17.0 Å². The van der Waals surface area contributed by atoms with E-state index in [-0.39, 0.29) is 0 Å². The molecule has 0 atom stereocenters. The quantitative estimate of drug-likeness (QED) is 0.292. The van der Waals surface area contributed by atoms with E-state index in [1.54, 1.807) is 0 Å². The Morgan fingerprint density at radius 1 is 1.04 bits per heavy atom. The van der Waals surface area contributed by atoms with Crippen LogP contribution in [0.15, 0.2) is 72.8 Å². The van der Waals surface area contributed by atoms with E-state index in [1.807, 2.05) is 54.6 Å². The van der Waals surface area contributed by atoms with Gasteiger partial charge in [0, 0.05) is 3.57 Å². The minimum atomic E-state index is 0.490. The van der Waals surface area contributed by atoms with Gasteiger partial charge >= 0.3 is 0 Å². The second-order valence-corrected chi connectivity index (χ2v) is 7.50. The number of halogens is 1. The van der Waals surface area contributed by atoms with Crippen LogP contribution < -0.4 is 4.74 Å². The van der Waals surface area contributed by atoms with Crippen LogP contribution in [-0.2, 0) is 6.61 Å². The van der Waals surface area contributed by atoms with Crippen LogP contribution in [0, 0.1) is 14.9 Å². The smallest absolute Gasteiger partial charge is 0.149 e. The molecular formula is C23H16IN3O. The number of ether oxygens (including phenoxy) is 1. The molecule has 0 aliphatic carbocycles. The van der Waals surface area contributed by atoms with Crippen molar-refractivity contribution in [2.45, 2.75) is 6.61 Å². The Kier molecular flexibility index (Phi) is 5.40. The van der Waals surface area contributed by atoms with Crippen molar-refractivity contribution in [2.24, 2.45) is 0 Å². The molecule has 5 heteroatoms. The van der Waals surface area contributed by atoms with Crippen LogP contribution in [0.25, 0.3) is 22.7 Å². The van der Waals surface area contributed by atoms with Gasteiger partial charge in [-0.05, 0) is 76.2 Å². The normalized spacial score (nSPS) is 11.4. The molecular weight excluding hydrogens is 461 g/mol. The van der Waals surface area contributed by atoms with E-state index in [1.165, 1.54) is 3.57 Å². The fraction of sp³-hybridized carbons (Fsp3) is 0.0435. The molecule has 28 heavy (non-hydrogen) atoms. The van der Waals surface area contributed by atoms with Crippen LogP contribution in [0.3, 0.4) is 0 Å². The third-order valence-corrected chi connectivity index (χ3v) is 4.99. The summed E-state index contributed by atoms with van der Waals surface area (Å²) < 4.78 is 7.04. The molecule has 0 saturated carbocycles. The van der Waals surface area contributed by atoms with Crippen molar-refractivity contribution in [3.05, 3.63) is 93.3 Å². The Labute approximate surface area is 176 Å². The Bertz CT molecular complexity index is 1140. The van der Waals surface area contributed by atoms with Crippen LogP contribution in [0.5, 0.6) is 5.75 Å². The van der Waals surface area contributed by atoms with Gasteiger partial charge in [-0.1, -0.05) is 36.4 Å². The maximum atomic E-state index is 9.55. The van der Waals surface area contributed by atoms with E-state index in [4.69, 9.17) is 4.74 Å². The van der Waals surface area contributed by atoms with Crippen molar-refractivity contribution >= 4 is 45.3 Å². The molecule has 0 saturated heterocycles. The highest BCUT2D eigenvalue weighted by Crippen LogP contribution is 2.21. The van der Waals surface area contributed by atoms with Crippen LogP contribution in [0.4, 0.5) is 0 Å². The zero-order valence-corrected chi connectivity index (χ0v) is 17.1. The van der Waals surface area contributed by atoms with Crippen molar-refractivity contribution in [3.8, 4) is 11.8 Å². The number of allylic oxidation sites excluding steroid dienone is 1. The van der Waals surface area contributed by atoms with Crippen LogP contribution in [0.2, 0.25) is 0 Å². The number of para-hydroxylation sites is 2. The molecule has 0 amide bonds. The molecule has 0 aliphatic rings. The Balaban J connectivity index is 1.49. The predicted molar refractivity (Wildman–Crippen MR) is 120 cm³/mol. The number of nitriles is 1. The van der Waals surface area contributed by atoms with Crippen molar-refractivity contribution in [1.29, 1.82) is 5.26 Å². The molecule has 136 valence electrons. The maximum Gasteiger partial charge on any atom is 0.149 e. The maximum absolute atomic E-state index is 9.55. The molecule has 0 bridgehead atoms. The second-order valence-electron chi connectivity index (χ2n) is 6.26. The standard InChI is InChI=1S/C23H16IN3O/c24-19-9-5-17(6-10-19)15-28-20-11-7-16(8-12-20)13-18(14-25)23-26-21-3-1-2-4-22(21)27-23/h1-13H,15H2,(H,26,27)/b18-13-. The number of nitrogens with one attached hydrogen (secondary N) is 1. The Morgan fingerprint density at radius 3 is 2.50 bits per heavy atom. The first-order valence-electron chi connectivity index (χ1n) is 8.75. The Hall–Kier alpha value is -3.11. The number of hydrogen-bond donors (Lipinski definition) is 1. The summed E-state index contributed by atoms with van der Waals surface area (Å²) in [4.78, 5) is 7.69. The molecule has 1 heterocycles. The molecule has 1 aromatic heterocycles. The third-order valence-electron chi connectivity index (χ3n) is 4.27. The van der Waals surface area contributed by atoms with E-state index in [9.17, 15) is 5.26 Å². The first kappa shape index (κ1) is 18.3. The number of fused-ring (bicyclic) bond motifs is 1. The molecule has 0 unspecified atom stereocenters. The molecule has 0 radical (unpaired) electrons. The number of hydrogen-bond acceptors (Lipinski definition) is 3. The van der Waals surface area contributed by atoms with E-state index >= 15 is 0 Å². The number of nitrogens with zero attached hydrogens (tertiary/aromatic N) is 2. The monoisotopic (exact) mass is 477 g/mol. The number of aromatic nitrogens is 2. The molecule has 4 aromatic rings. The Morgan fingerprint density at radius 2 is 1.79 bits per heavy atom. The minimum Gasteiger partial charge on any atom is -0.489 e. The number of benzene rings is 3. The molecule has 3 aromatic carbocycles. The van der Waals surface area contributed by atoms with E-state index < -0.39 is 0 Å². The van der Waals surface area contributed by atoms with Crippen LogP contribution in [-0.4, -0.2) is 9.97 Å². The van der Waals surface area contributed by atoms with Gasteiger partial charge in [-0.2, -0.15) is 5.26 Å². The van der Waals surface area contributed by atoms with E-state index in [2.05, 4.69) is 62.9 Å². The summed E-state index contributed by atoms with van der Waals surface area (Å²) in [5.41, 5.74) is 4.29. The first-order chi connectivity index (χ1) is 13.7. The van der Waals surface area contributed by atoms with Crippen molar-refractivity contribution in [1.82, 2.24) is 9.97 Å². The minimum absolute atomic E-state index is 0.490. The first-order valence-corrected chi connectivity index (χ1v) is 9.83. The average Bonchev–Trinajstić information content (AvgIpc) is 3.16. The third kappa shape index (κ3) is 4.24. The van der Waals surface area contributed by atoms with Crippen molar-refractivity contribution < 1.29 is 4.74 Å². The number of aromatic amines is 1. The van der Waals surface area contributed by atoms with Crippen molar-refractivity contribution in [2.75, 3.05) is 0 Å². The van der Waals surface area contributed by atoms with Gasteiger partial charge in [-0.15, -0.1) is 0 Å². The number of imidazole rings is 1. The lowest BCUT2D eigenvalue weighted by Crippen LogP contribution is -1.95. The fourth-order valence-electron chi connectivity index (χ4n) is 2.81. The summed E-state index contributed by atoms with van der Waals surface area (Å²) in [6.07, 6.45) is 1.82. The largest absolute Gasteiger partial charge is 0.489 e. The molecule has 0 aliphatic heterocycles. The highest BCUT2D eigenvalue weighted by atomic mass is 127. The number of H-pyrrole nitrogens is 1. The second kappa shape index (κ2) is 8.28. The fourth-order valence-corrected chi connectivity index (χ4v) is 3.17. The van der Waals surface area contributed by atoms with Crippen LogP contribution >= 0.6 is 22.6 Å². The van der Waals surface area contributed by atoms with Gasteiger partial charge in [-0.25, -0.2) is 4.98 Å². The summed E-state index contributed by atoms with van der Waals surface area (Å²) in [5, 5.41) is 9.55. The SMILES string of the molecule is N#C/C(=C/c1ccc(OCc2ccc(I)cc2)cc1)c1nc2ccccc2[nH]1. The molecule has 0 fully saturated rings. The zero-order chi connectivity index (χ0) is 19.3. The summed E-state index contributed by atoms with van der Waals surface area (Å²) >= 11 is 2.28. The lowest BCUT2D eigenvalue weighted by atomic mass is 10.1. The zero-order valence-electron chi connectivity index (χ0n) is 14.9. The van der Waals surface area contributed by atoms with Crippen molar-refractivity contribution in [3.63, 3.8) is 0 Å². The average molecular weight is 477 g/mol. The van der Waals surface area contributed by atoms with E-state index in [0.717, 1.165) is 27.9 Å². The lowest BCUT2D eigenvalue weighted by Gasteiger charge is -2.07. The highest BCUT2D eigenvalue weighted by molar-refractivity contribution is 14.1. The topological polar surface area (TPSA) is 61.7 Å². The summed E-state index contributed by atoms with van der Waals surface area (Å²) in [6, 6.07) is 25.9. The van der Waals surface area contributed by atoms with Gasteiger partial charge in [-0.3, -0.25) is 0 Å².